The zero-order valence-corrected chi connectivity index (χ0v) is 31.4. The van der Waals surface area contributed by atoms with E-state index >= 15 is 0 Å². The number of hydrogen-bond acceptors (Lipinski definition) is 7. The molecule has 0 aliphatic heterocycles. The molecule has 0 saturated heterocycles. The highest BCUT2D eigenvalue weighted by Gasteiger charge is 2.35. The van der Waals surface area contributed by atoms with Crippen LogP contribution in [0.1, 0.15) is 37.8 Å². The molecule has 4 rings (SSSR count). The molecule has 0 aliphatic rings. The number of nitrogens with zero attached hydrogens (tertiary/aromatic N) is 2. The third kappa shape index (κ3) is 10.3. The van der Waals surface area contributed by atoms with Crippen molar-refractivity contribution in [2.24, 2.45) is 0 Å². The molecule has 4 aromatic rings. The van der Waals surface area contributed by atoms with Gasteiger partial charge >= 0.3 is 0 Å². The molecule has 0 unspecified atom stereocenters. The van der Waals surface area contributed by atoms with E-state index in [1.54, 1.807) is 42.5 Å². The molecule has 2 amide bonds. The second-order valence-corrected chi connectivity index (χ2v) is 14.3. The summed E-state index contributed by atoms with van der Waals surface area (Å²) in [6, 6.07) is 23.8. The normalized spacial score (nSPS) is 11.7. The monoisotopic (exact) mass is 755 g/mol. The van der Waals surface area contributed by atoms with Gasteiger partial charge in [0, 0.05) is 35.6 Å². The molecule has 0 radical (unpaired) electrons. The van der Waals surface area contributed by atoms with Crippen LogP contribution in [-0.4, -0.2) is 65.1 Å². The van der Waals surface area contributed by atoms with Crippen LogP contribution >= 0.6 is 23.2 Å². The molecule has 51 heavy (non-hydrogen) atoms. The number of halogens is 2. The topological polar surface area (TPSA) is 114 Å². The van der Waals surface area contributed by atoms with E-state index in [-0.39, 0.29) is 35.2 Å². The first-order chi connectivity index (χ1) is 24.5. The van der Waals surface area contributed by atoms with Crippen molar-refractivity contribution in [3.05, 3.63) is 112 Å². The molecule has 0 aromatic heterocycles. The number of benzene rings is 4. The van der Waals surface area contributed by atoms with E-state index in [0.29, 0.717) is 40.3 Å². The van der Waals surface area contributed by atoms with Gasteiger partial charge in [0.05, 0.1) is 31.4 Å². The average molecular weight is 757 g/mol. The largest absolute Gasteiger partial charge is 0.494 e. The van der Waals surface area contributed by atoms with Gasteiger partial charge < -0.3 is 24.4 Å². The van der Waals surface area contributed by atoms with Gasteiger partial charge in [0.15, 0.2) is 11.5 Å². The Labute approximate surface area is 310 Å². The molecule has 0 fully saturated rings. The predicted octanol–water partition coefficient (Wildman–Crippen LogP) is 7.16. The van der Waals surface area contributed by atoms with E-state index in [9.17, 15) is 18.0 Å². The summed E-state index contributed by atoms with van der Waals surface area (Å²) in [6.45, 7) is 3.93. The van der Waals surface area contributed by atoms with Gasteiger partial charge in [-0.3, -0.25) is 13.9 Å². The standard InChI is InChI=1S/C38H43Cl2N3O7S/c1-5-7-21-41-38(45)34(22-27-11-9-8-10-12-27)42(25-28-13-14-29(39)23-33(28)40)37(44)26-43(30-15-17-31(18-16-30)50-6-2)51(46,47)32-19-20-35(48-3)36(24-32)49-4/h8-20,23-24,34H,5-7,21-22,25-26H2,1-4H3,(H,41,45)/t34-/m0/s1. The maximum atomic E-state index is 14.7. The SMILES string of the molecule is CCCCNC(=O)[C@H](Cc1ccccc1)N(Cc1ccc(Cl)cc1Cl)C(=O)CN(c1ccc(OCC)cc1)S(=O)(=O)c1ccc(OC)c(OC)c1. The number of carbonyl (C=O) groups excluding carboxylic acids is 2. The molecule has 0 heterocycles. The molecule has 0 saturated carbocycles. The molecule has 4 aromatic carbocycles. The summed E-state index contributed by atoms with van der Waals surface area (Å²) in [5.41, 5.74) is 1.55. The van der Waals surface area contributed by atoms with Crippen molar-refractivity contribution in [3.8, 4) is 17.2 Å². The quantitative estimate of drug-likeness (QED) is 0.107. The molecule has 0 spiro atoms. The fraction of sp³-hybridized carbons (Fsp3) is 0.316. The molecule has 1 atom stereocenters. The summed E-state index contributed by atoms with van der Waals surface area (Å²) < 4.78 is 46.3. The molecule has 0 bridgehead atoms. The van der Waals surface area contributed by atoms with Gasteiger partial charge in [-0.05, 0) is 73.0 Å². The average Bonchev–Trinajstić information content (AvgIpc) is 3.13. The molecule has 13 heteroatoms. The van der Waals surface area contributed by atoms with Crippen molar-refractivity contribution >= 4 is 50.7 Å². The van der Waals surface area contributed by atoms with Crippen LogP contribution in [0.2, 0.25) is 10.0 Å². The smallest absolute Gasteiger partial charge is 0.264 e. The number of methoxy groups -OCH3 is 2. The van der Waals surface area contributed by atoms with Crippen LogP contribution < -0.4 is 23.8 Å². The van der Waals surface area contributed by atoms with Gasteiger partial charge in [-0.15, -0.1) is 0 Å². The summed E-state index contributed by atoms with van der Waals surface area (Å²) >= 11 is 12.8. The lowest BCUT2D eigenvalue weighted by Gasteiger charge is -2.34. The highest BCUT2D eigenvalue weighted by Crippen LogP contribution is 2.33. The number of carbonyl (C=O) groups is 2. The summed E-state index contributed by atoms with van der Waals surface area (Å²) in [5, 5.41) is 3.68. The summed E-state index contributed by atoms with van der Waals surface area (Å²) in [5.74, 6) is 0.0552. The number of hydrogen-bond donors (Lipinski definition) is 1. The zero-order valence-electron chi connectivity index (χ0n) is 29.1. The van der Waals surface area contributed by atoms with E-state index in [0.717, 1.165) is 22.7 Å². The molecule has 272 valence electrons. The Morgan fingerprint density at radius 3 is 2.20 bits per heavy atom. The number of anilines is 1. The minimum atomic E-state index is -4.41. The van der Waals surface area contributed by atoms with E-state index in [1.807, 2.05) is 44.2 Å². The van der Waals surface area contributed by atoms with Crippen LogP contribution in [0.5, 0.6) is 17.2 Å². The van der Waals surface area contributed by atoms with Gasteiger partial charge in [0.25, 0.3) is 10.0 Å². The number of rotatable bonds is 18. The molecule has 0 aliphatic carbocycles. The number of unbranched alkanes of at least 4 members (excludes halogenated alkanes) is 1. The lowest BCUT2D eigenvalue weighted by atomic mass is 10.0. The van der Waals surface area contributed by atoms with Gasteiger partial charge in [-0.25, -0.2) is 8.42 Å². The highest BCUT2D eigenvalue weighted by atomic mass is 35.5. The second kappa shape index (κ2) is 18.7. The van der Waals surface area contributed by atoms with Crippen LogP contribution in [0.15, 0.2) is 95.9 Å². The minimum absolute atomic E-state index is 0.0962. The minimum Gasteiger partial charge on any atom is -0.494 e. The Morgan fingerprint density at radius 2 is 1.57 bits per heavy atom. The van der Waals surface area contributed by atoms with E-state index in [4.69, 9.17) is 37.4 Å². The fourth-order valence-corrected chi connectivity index (χ4v) is 7.30. The van der Waals surface area contributed by atoms with E-state index in [2.05, 4.69) is 5.32 Å². The van der Waals surface area contributed by atoms with Crippen molar-refractivity contribution in [1.29, 1.82) is 0 Å². The van der Waals surface area contributed by atoms with Gasteiger partial charge in [-0.2, -0.15) is 0 Å². The molecule has 10 nitrogen and oxygen atoms in total. The van der Waals surface area contributed by atoms with Crippen LogP contribution in [0, 0.1) is 0 Å². The van der Waals surface area contributed by atoms with Crippen LogP contribution in [0.3, 0.4) is 0 Å². The predicted molar refractivity (Wildman–Crippen MR) is 201 cm³/mol. The third-order valence-electron chi connectivity index (χ3n) is 8.11. The van der Waals surface area contributed by atoms with Crippen LogP contribution in [0.4, 0.5) is 5.69 Å². The first-order valence-corrected chi connectivity index (χ1v) is 18.7. The molecule has 1 N–H and O–H groups in total. The highest BCUT2D eigenvalue weighted by molar-refractivity contribution is 7.92. The maximum absolute atomic E-state index is 14.7. The summed E-state index contributed by atoms with van der Waals surface area (Å²) in [6.07, 6.45) is 1.77. The zero-order chi connectivity index (χ0) is 37.0. The lowest BCUT2D eigenvalue weighted by Crippen LogP contribution is -2.53. The number of ether oxygens (including phenoxy) is 3. The van der Waals surface area contributed by atoms with Crippen molar-refractivity contribution < 1.29 is 32.2 Å². The number of sulfonamides is 1. The van der Waals surface area contributed by atoms with Crippen molar-refractivity contribution in [2.75, 3.05) is 38.2 Å². The van der Waals surface area contributed by atoms with Crippen molar-refractivity contribution in [2.45, 2.75) is 50.6 Å². The Bertz CT molecular complexity index is 1880. The van der Waals surface area contributed by atoms with E-state index < -0.39 is 28.5 Å². The second-order valence-electron chi connectivity index (χ2n) is 11.6. The fourth-order valence-electron chi connectivity index (χ4n) is 5.40. The molecular weight excluding hydrogens is 713 g/mol. The van der Waals surface area contributed by atoms with Crippen LogP contribution in [-0.2, 0) is 32.6 Å². The number of amides is 2. The first-order valence-electron chi connectivity index (χ1n) is 16.5. The number of nitrogens with one attached hydrogen (secondary N) is 1. The first kappa shape index (κ1) is 39.3. The molecular formula is C38H43Cl2N3O7S. The van der Waals surface area contributed by atoms with Gasteiger partial charge in [0.1, 0.15) is 18.3 Å². The Kier molecular flexibility index (Phi) is 14.4. The Hall–Kier alpha value is -4.45. The van der Waals surface area contributed by atoms with Crippen molar-refractivity contribution in [3.63, 3.8) is 0 Å². The summed E-state index contributed by atoms with van der Waals surface area (Å²) in [4.78, 5) is 30.0. The Balaban J connectivity index is 1.84. The summed E-state index contributed by atoms with van der Waals surface area (Å²) in [7, 11) is -1.56. The van der Waals surface area contributed by atoms with Crippen LogP contribution in [0.25, 0.3) is 0 Å². The lowest BCUT2D eigenvalue weighted by molar-refractivity contribution is -0.140. The van der Waals surface area contributed by atoms with Gasteiger partial charge in [-0.1, -0.05) is 72.9 Å². The van der Waals surface area contributed by atoms with E-state index in [1.165, 1.54) is 37.3 Å². The Morgan fingerprint density at radius 1 is 0.863 bits per heavy atom. The van der Waals surface area contributed by atoms with Gasteiger partial charge in [0.2, 0.25) is 11.8 Å². The maximum Gasteiger partial charge on any atom is 0.264 e. The van der Waals surface area contributed by atoms with Crippen molar-refractivity contribution in [1.82, 2.24) is 10.2 Å². The third-order valence-corrected chi connectivity index (χ3v) is 10.5.